The molecular weight excluding hydrogens is 146 g/mol. The Morgan fingerprint density at radius 2 is 2.09 bits per heavy atom. The lowest BCUT2D eigenvalue weighted by atomic mass is 10.6. The zero-order valence-electron chi connectivity index (χ0n) is 6.22. The highest BCUT2D eigenvalue weighted by Crippen LogP contribution is 1.88. The maximum Gasteiger partial charge on any atom is 0.336 e. The highest BCUT2D eigenvalue weighted by Gasteiger charge is 2.00. The van der Waals surface area contributed by atoms with Crippen molar-refractivity contribution >= 4 is 11.9 Å². The average molecular weight is 155 g/mol. The summed E-state index contributed by atoms with van der Waals surface area (Å²) in [5.74, 6) is -1.09. The lowest BCUT2D eigenvalue weighted by Crippen LogP contribution is -2.21. The number of rotatable bonds is 3. The molecule has 4 nitrogen and oxygen atoms in total. The summed E-state index contributed by atoms with van der Waals surface area (Å²) in [5, 5.41) is 2.18. The topological polar surface area (TPSA) is 55.4 Å². The van der Waals surface area contributed by atoms with Gasteiger partial charge in [0.15, 0.2) is 5.88 Å². The van der Waals surface area contributed by atoms with Crippen LogP contribution in [-0.2, 0) is 14.3 Å². The van der Waals surface area contributed by atoms with Crippen molar-refractivity contribution in [3.05, 3.63) is 25.1 Å². The molecular formula is C7H9NO3. The summed E-state index contributed by atoms with van der Waals surface area (Å²) in [6, 6.07) is 0. The Morgan fingerprint density at radius 1 is 1.55 bits per heavy atom. The molecule has 0 bridgehead atoms. The van der Waals surface area contributed by atoms with Crippen LogP contribution in [0.3, 0.4) is 0 Å². The molecule has 0 saturated carbocycles. The van der Waals surface area contributed by atoms with Crippen molar-refractivity contribution in [3.63, 3.8) is 0 Å². The van der Waals surface area contributed by atoms with E-state index in [1.54, 1.807) is 0 Å². The molecule has 0 aromatic carbocycles. The number of carbonyl (C=O) groups excluding carboxylic acids is 2. The Labute approximate surface area is 64.5 Å². The Morgan fingerprint density at radius 3 is 2.45 bits per heavy atom. The van der Waals surface area contributed by atoms with E-state index < -0.39 is 5.97 Å². The molecule has 0 aliphatic rings. The molecule has 0 aromatic heterocycles. The predicted molar refractivity (Wildman–Crippen MR) is 39.2 cm³/mol. The quantitative estimate of drug-likeness (QED) is 0.363. The second-order valence-corrected chi connectivity index (χ2v) is 1.73. The van der Waals surface area contributed by atoms with Crippen molar-refractivity contribution in [1.29, 1.82) is 0 Å². The zero-order valence-corrected chi connectivity index (χ0v) is 6.22. The summed E-state index contributed by atoms with van der Waals surface area (Å²) in [6.07, 6.45) is 0.979. The fraction of sp³-hybridized carbons (Fsp3) is 0.143. The van der Waals surface area contributed by atoms with Gasteiger partial charge in [0.25, 0.3) is 0 Å². The van der Waals surface area contributed by atoms with Crippen molar-refractivity contribution in [2.75, 3.05) is 0 Å². The van der Waals surface area contributed by atoms with Crippen molar-refractivity contribution in [3.8, 4) is 0 Å². The molecule has 4 heteroatoms. The van der Waals surface area contributed by atoms with Gasteiger partial charge in [-0.15, -0.1) is 0 Å². The van der Waals surface area contributed by atoms with Crippen molar-refractivity contribution < 1.29 is 14.3 Å². The van der Waals surface area contributed by atoms with Gasteiger partial charge < -0.3 is 4.74 Å². The van der Waals surface area contributed by atoms with Gasteiger partial charge in [-0.25, -0.2) is 4.79 Å². The molecule has 0 rings (SSSR count). The van der Waals surface area contributed by atoms with E-state index in [9.17, 15) is 9.59 Å². The van der Waals surface area contributed by atoms with E-state index in [0.29, 0.717) is 0 Å². The Hall–Kier alpha value is -1.58. The highest BCUT2D eigenvalue weighted by molar-refractivity contribution is 5.82. The fourth-order valence-electron chi connectivity index (χ4n) is 0.385. The summed E-state index contributed by atoms with van der Waals surface area (Å²) >= 11 is 0. The summed E-state index contributed by atoms with van der Waals surface area (Å²) in [4.78, 5) is 20.8. The summed E-state index contributed by atoms with van der Waals surface area (Å²) in [5.41, 5.74) is 0. The van der Waals surface area contributed by atoms with Gasteiger partial charge in [-0.2, -0.15) is 0 Å². The van der Waals surface area contributed by atoms with Gasteiger partial charge in [-0.05, 0) is 6.58 Å². The summed E-state index contributed by atoms with van der Waals surface area (Å²) in [6.45, 7) is 7.71. The molecule has 0 aromatic rings. The number of carbonyl (C=O) groups is 2. The minimum Gasteiger partial charge on any atom is -0.407 e. The van der Waals surface area contributed by atoms with Crippen LogP contribution in [0.2, 0.25) is 0 Å². The standard InChI is InChI=1S/C7H9NO3/c1-4-7(10)11-6(3)8-5(2)9/h4H,1,3H2,2H3,(H,8,9). The number of amides is 1. The summed E-state index contributed by atoms with van der Waals surface area (Å²) < 4.78 is 4.43. The monoisotopic (exact) mass is 155 g/mol. The first kappa shape index (κ1) is 9.42. The first-order valence-electron chi connectivity index (χ1n) is 2.87. The summed E-state index contributed by atoms with van der Waals surface area (Å²) in [7, 11) is 0. The second-order valence-electron chi connectivity index (χ2n) is 1.73. The first-order valence-corrected chi connectivity index (χ1v) is 2.87. The minimum absolute atomic E-state index is 0.0950. The average Bonchev–Trinajstić information content (AvgIpc) is 1.85. The molecule has 0 fully saturated rings. The Kier molecular flexibility index (Phi) is 3.66. The van der Waals surface area contributed by atoms with Crippen LogP contribution >= 0.6 is 0 Å². The number of ether oxygens (including phenoxy) is 1. The van der Waals surface area contributed by atoms with Gasteiger partial charge in [0, 0.05) is 13.0 Å². The van der Waals surface area contributed by atoms with Crippen molar-refractivity contribution in [2.45, 2.75) is 6.92 Å². The van der Waals surface area contributed by atoms with E-state index in [2.05, 4.69) is 23.2 Å². The molecule has 60 valence electrons. The predicted octanol–water partition coefficient (Wildman–Crippen LogP) is 0.323. The maximum atomic E-state index is 10.5. The van der Waals surface area contributed by atoms with Crippen molar-refractivity contribution in [2.24, 2.45) is 0 Å². The number of esters is 1. The minimum atomic E-state index is -0.649. The molecule has 0 heterocycles. The number of hydrogen-bond donors (Lipinski definition) is 1. The maximum absolute atomic E-state index is 10.5. The van der Waals surface area contributed by atoms with Crippen LogP contribution in [0.5, 0.6) is 0 Å². The third-order valence-corrected chi connectivity index (χ3v) is 0.706. The van der Waals surface area contributed by atoms with Crippen LogP contribution in [0.15, 0.2) is 25.1 Å². The van der Waals surface area contributed by atoms with E-state index in [0.717, 1.165) is 6.08 Å². The molecule has 0 aliphatic carbocycles. The van der Waals surface area contributed by atoms with Gasteiger partial charge in [-0.3, -0.25) is 10.1 Å². The highest BCUT2D eigenvalue weighted by atomic mass is 16.5. The van der Waals surface area contributed by atoms with E-state index in [1.807, 2.05) is 0 Å². The first-order chi connectivity index (χ1) is 5.06. The third-order valence-electron chi connectivity index (χ3n) is 0.706. The van der Waals surface area contributed by atoms with Gasteiger partial charge in [-0.1, -0.05) is 6.58 Å². The van der Waals surface area contributed by atoms with Crippen LogP contribution in [0.4, 0.5) is 0 Å². The molecule has 1 amide bonds. The van der Waals surface area contributed by atoms with Crippen LogP contribution in [0.25, 0.3) is 0 Å². The van der Waals surface area contributed by atoms with Crippen LogP contribution in [0, 0.1) is 0 Å². The van der Waals surface area contributed by atoms with Gasteiger partial charge in [0.1, 0.15) is 0 Å². The molecule has 0 unspecified atom stereocenters. The largest absolute Gasteiger partial charge is 0.407 e. The SMILES string of the molecule is C=CC(=O)OC(=C)NC(C)=O. The molecule has 1 N–H and O–H groups in total. The van der Waals surface area contributed by atoms with Gasteiger partial charge in [0.05, 0.1) is 0 Å². The van der Waals surface area contributed by atoms with Gasteiger partial charge >= 0.3 is 5.97 Å². The molecule has 0 saturated heterocycles. The number of hydrogen-bond acceptors (Lipinski definition) is 3. The lowest BCUT2D eigenvalue weighted by Gasteiger charge is -2.03. The van der Waals surface area contributed by atoms with E-state index in [-0.39, 0.29) is 11.8 Å². The molecule has 0 atom stereocenters. The lowest BCUT2D eigenvalue weighted by molar-refractivity contribution is -0.134. The van der Waals surface area contributed by atoms with E-state index in [4.69, 9.17) is 0 Å². The van der Waals surface area contributed by atoms with Crippen LogP contribution in [-0.4, -0.2) is 11.9 Å². The molecule has 11 heavy (non-hydrogen) atoms. The molecule has 0 spiro atoms. The van der Waals surface area contributed by atoms with E-state index in [1.165, 1.54) is 6.92 Å². The third kappa shape index (κ3) is 4.90. The second kappa shape index (κ2) is 4.27. The van der Waals surface area contributed by atoms with Gasteiger partial charge in [0.2, 0.25) is 5.91 Å². The van der Waals surface area contributed by atoms with Crippen molar-refractivity contribution in [1.82, 2.24) is 5.32 Å². The Balaban J connectivity index is 3.78. The Bertz CT molecular complexity index is 208. The molecule has 0 aliphatic heterocycles. The molecule has 0 radical (unpaired) electrons. The normalized spacial score (nSPS) is 8.09. The van der Waals surface area contributed by atoms with E-state index >= 15 is 0 Å². The number of nitrogens with one attached hydrogen (secondary N) is 1. The smallest absolute Gasteiger partial charge is 0.336 e. The zero-order chi connectivity index (χ0) is 8.85. The van der Waals surface area contributed by atoms with Crippen LogP contribution < -0.4 is 5.32 Å². The fourth-order valence-corrected chi connectivity index (χ4v) is 0.385. The van der Waals surface area contributed by atoms with Crippen LogP contribution in [0.1, 0.15) is 6.92 Å².